The molecule has 0 aliphatic carbocycles. The molecular formula is C25H20FN3O4S. The van der Waals surface area contributed by atoms with Crippen LogP contribution in [0.3, 0.4) is 0 Å². The Bertz CT molecular complexity index is 1490. The van der Waals surface area contributed by atoms with Crippen LogP contribution in [0.15, 0.2) is 70.6 Å². The second-order valence-electron chi connectivity index (χ2n) is 7.80. The number of aryl methyl sites for hydroxylation is 1. The maximum Gasteiger partial charge on any atom is 0.266 e. The zero-order valence-electron chi connectivity index (χ0n) is 18.4. The number of nitrogens with zero attached hydrogens (tertiary/aromatic N) is 2. The first kappa shape index (κ1) is 22.0. The van der Waals surface area contributed by atoms with Crippen LogP contribution >= 0.6 is 11.8 Å². The molecule has 7 nitrogen and oxygen atoms in total. The molecule has 2 heterocycles. The predicted molar refractivity (Wildman–Crippen MR) is 129 cm³/mol. The van der Waals surface area contributed by atoms with Crippen molar-refractivity contribution < 1.29 is 18.7 Å². The van der Waals surface area contributed by atoms with Gasteiger partial charge in [-0.2, -0.15) is 0 Å². The van der Waals surface area contributed by atoms with Crippen LogP contribution in [-0.2, 0) is 4.79 Å². The molecule has 34 heavy (non-hydrogen) atoms. The van der Waals surface area contributed by atoms with Crippen molar-refractivity contribution in [2.75, 3.05) is 12.1 Å². The largest absolute Gasteiger partial charge is 0.454 e. The molecule has 1 unspecified atom stereocenters. The fourth-order valence-corrected chi connectivity index (χ4v) is 4.50. The Labute approximate surface area is 198 Å². The molecule has 3 aromatic carbocycles. The molecule has 1 atom stereocenters. The van der Waals surface area contributed by atoms with E-state index in [-0.39, 0.29) is 18.3 Å². The Kier molecular flexibility index (Phi) is 5.70. The zero-order valence-corrected chi connectivity index (χ0v) is 19.2. The summed E-state index contributed by atoms with van der Waals surface area (Å²) < 4.78 is 26.3. The van der Waals surface area contributed by atoms with Gasteiger partial charge in [-0.05, 0) is 55.8 Å². The molecule has 172 valence electrons. The number of para-hydroxylation sites is 1. The summed E-state index contributed by atoms with van der Waals surface area (Å²) in [6.07, 6.45) is 0. The summed E-state index contributed by atoms with van der Waals surface area (Å²) >= 11 is 1.12. The molecule has 4 aromatic rings. The number of carbonyl (C=O) groups is 1. The minimum Gasteiger partial charge on any atom is -0.454 e. The van der Waals surface area contributed by atoms with Gasteiger partial charge in [-0.25, -0.2) is 9.37 Å². The molecule has 0 saturated carbocycles. The number of hydrogen-bond acceptors (Lipinski definition) is 6. The average Bonchev–Trinajstić information content (AvgIpc) is 3.29. The highest BCUT2D eigenvalue weighted by atomic mass is 32.2. The van der Waals surface area contributed by atoms with Crippen molar-refractivity contribution in [2.24, 2.45) is 0 Å². The monoisotopic (exact) mass is 477 g/mol. The number of fused-ring (bicyclic) bond motifs is 2. The first-order chi connectivity index (χ1) is 16.4. The predicted octanol–water partition coefficient (Wildman–Crippen LogP) is 4.68. The van der Waals surface area contributed by atoms with Crippen LogP contribution in [0.5, 0.6) is 11.5 Å². The van der Waals surface area contributed by atoms with Gasteiger partial charge in [0.2, 0.25) is 12.7 Å². The summed E-state index contributed by atoms with van der Waals surface area (Å²) in [6, 6.07) is 16.7. The lowest BCUT2D eigenvalue weighted by molar-refractivity contribution is -0.115. The summed E-state index contributed by atoms with van der Waals surface area (Å²) in [6.45, 7) is 3.51. The Morgan fingerprint density at radius 3 is 2.74 bits per heavy atom. The van der Waals surface area contributed by atoms with Crippen molar-refractivity contribution in [2.45, 2.75) is 24.3 Å². The number of nitrogens with one attached hydrogen (secondary N) is 1. The van der Waals surface area contributed by atoms with E-state index in [1.807, 2.05) is 0 Å². The number of hydrogen-bond donors (Lipinski definition) is 1. The van der Waals surface area contributed by atoms with Crippen molar-refractivity contribution in [3.8, 4) is 17.2 Å². The Morgan fingerprint density at radius 2 is 1.91 bits per heavy atom. The smallest absolute Gasteiger partial charge is 0.266 e. The fourth-order valence-electron chi connectivity index (χ4n) is 3.57. The van der Waals surface area contributed by atoms with Gasteiger partial charge in [-0.3, -0.25) is 14.2 Å². The van der Waals surface area contributed by atoms with Gasteiger partial charge >= 0.3 is 0 Å². The second-order valence-corrected chi connectivity index (χ2v) is 9.11. The lowest BCUT2D eigenvalue weighted by Gasteiger charge is -2.17. The molecule has 1 amide bonds. The van der Waals surface area contributed by atoms with E-state index in [0.29, 0.717) is 44.5 Å². The molecule has 0 radical (unpaired) electrons. The van der Waals surface area contributed by atoms with Gasteiger partial charge in [0.05, 0.1) is 21.8 Å². The molecule has 9 heteroatoms. The number of ether oxygens (including phenoxy) is 2. The van der Waals surface area contributed by atoms with Gasteiger partial charge in [0, 0.05) is 11.8 Å². The van der Waals surface area contributed by atoms with Gasteiger partial charge in [-0.15, -0.1) is 0 Å². The van der Waals surface area contributed by atoms with E-state index >= 15 is 0 Å². The van der Waals surface area contributed by atoms with Crippen LogP contribution in [0.25, 0.3) is 16.6 Å². The van der Waals surface area contributed by atoms with E-state index in [2.05, 4.69) is 10.3 Å². The summed E-state index contributed by atoms with van der Waals surface area (Å²) in [4.78, 5) is 30.9. The van der Waals surface area contributed by atoms with E-state index in [9.17, 15) is 14.0 Å². The number of thioether (sulfide) groups is 1. The van der Waals surface area contributed by atoms with Crippen LogP contribution in [0.1, 0.15) is 12.5 Å². The van der Waals surface area contributed by atoms with Crippen LogP contribution < -0.4 is 20.3 Å². The van der Waals surface area contributed by atoms with E-state index in [4.69, 9.17) is 9.47 Å². The normalized spacial score (nSPS) is 13.1. The van der Waals surface area contributed by atoms with E-state index in [1.54, 1.807) is 68.4 Å². The van der Waals surface area contributed by atoms with Crippen molar-refractivity contribution in [1.29, 1.82) is 0 Å². The van der Waals surface area contributed by atoms with Crippen molar-refractivity contribution in [3.63, 3.8) is 0 Å². The van der Waals surface area contributed by atoms with Gasteiger partial charge in [-0.1, -0.05) is 30.0 Å². The third kappa shape index (κ3) is 4.10. The van der Waals surface area contributed by atoms with Crippen molar-refractivity contribution in [1.82, 2.24) is 9.55 Å². The molecule has 0 fully saturated rings. The number of aromatic nitrogens is 2. The van der Waals surface area contributed by atoms with Crippen LogP contribution in [-0.4, -0.2) is 27.5 Å². The summed E-state index contributed by atoms with van der Waals surface area (Å²) in [5, 5.41) is 2.94. The maximum atomic E-state index is 14.3. The van der Waals surface area contributed by atoms with Crippen molar-refractivity contribution in [3.05, 3.63) is 82.4 Å². The van der Waals surface area contributed by atoms with E-state index in [1.165, 1.54) is 10.6 Å². The van der Waals surface area contributed by atoms with Gasteiger partial charge < -0.3 is 14.8 Å². The average molecular weight is 478 g/mol. The lowest BCUT2D eigenvalue weighted by Crippen LogP contribution is -2.26. The minimum atomic E-state index is -0.611. The Morgan fingerprint density at radius 1 is 1.12 bits per heavy atom. The number of benzene rings is 3. The molecule has 1 N–H and O–H groups in total. The number of amides is 1. The fraction of sp³-hybridized carbons (Fsp3) is 0.160. The topological polar surface area (TPSA) is 82.5 Å². The molecule has 0 bridgehead atoms. The van der Waals surface area contributed by atoms with Crippen LogP contribution in [0.4, 0.5) is 10.1 Å². The molecule has 5 rings (SSSR count). The molecule has 1 aliphatic heterocycles. The van der Waals surface area contributed by atoms with Gasteiger partial charge in [0.25, 0.3) is 5.56 Å². The quantitative estimate of drug-likeness (QED) is 0.332. The highest BCUT2D eigenvalue weighted by Crippen LogP contribution is 2.34. The number of carbonyl (C=O) groups excluding carboxylic acids is 1. The highest BCUT2D eigenvalue weighted by molar-refractivity contribution is 8.00. The van der Waals surface area contributed by atoms with E-state index < -0.39 is 11.1 Å². The molecule has 0 saturated heterocycles. The molecule has 0 spiro atoms. The third-order valence-electron chi connectivity index (χ3n) is 5.45. The SMILES string of the molecule is Cc1ccc(-n2c(SC(C)C(=O)Nc3ccc4c(c3)OCO4)nc3ccccc3c2=O)cc1F. The second kappa shape index (κ2) is 8.83. The molecule has 1 aromatic heterocycles. The first-order valence-corrected chi connectivity index (χ1v) is 11.4. The number of anilines is 1. The summed E-state index contributed by atoms with van der Waals surface area (Å²) in [5.74, 6) is 0.467. The van der Waals surface area contributed by atoms with Crippen LogP contribution in [0.2, 0.25) is 0 Å². The van der Waals surface area contributed by atoms with E-state index in [0.717, 1.165) is 11.8 Å². The Balaban J connectivity index is 1.49. The van der Waals surface area contributed by atoms with Gasteiger partial charge in [0.1, 0.15) is 5.82 Å². The van der Waals surface area contributed by atoms with Crippen LogP contribution in [0, 0.1) is 12.7 Å². The zero-order chi connectivity index (χ0) is 23.8. The minimum absolute atomic E-state index is 0.143. The first-order valence-electron chi connectivity index (χ1n) is 10.6. The number of rotatable bonds is 5. The standard InChI is InChI=1S/C25H20FN3O4S/c1-14-7-9-17(12-19(14)26)29-24(31)18-5-3-4-6-20(18)28-25(29)34-15(2)23(30)27-16-8-10-21-22(11-16)33-13-32-21/h3-12,15H,13H2,1-2H3,(H,27,30). The number of halogens is 1. The Hall–Kier alpha value is -3.85. The molecular weight excluding hydrogens is 457 g/mol. The lowest BCUT2D eigenvalue weighted by atomic mass is 10.2. The maximum absolute atomic E-state index is 14.3. The molecule has 1 aliphatic rings. The third-order valence-corrected chi connectivity index (χ3v) is 6.50. The summed E-state index contributed by atoms with van der Waals surface area (Å²) in [7, 11) is 0. The summed E-state index contributed by atoms with van der Waals surface area (Å²) in [5.41, 5.74) is 1.54. The van der Waals surface area contributed by atoms with Crippen molar-refractivity contribution >= 4 is 34.3 Å². The van der Waals surface area contributed by atoms with Gasteiger partial charge in [0.15, 0.2) is 16.7 Å². The highest BCUT2D eigenvalue weighted by Gasteiger charge is 2.22.